The van der Waals surface area contributed by atoms with Crippen LogP contribution in [0.1, 0.15) is 13.8 Å². The second-order valence-corrected chi connectivity index (χ2v) is 10.6. The van der Waals surface area contributed by atoms with Crippen LogP contribution in [0.3, 0.4) is 0 Å². The number of phenolic OH excluding ortho intramolecular Hbond substituents is 2. The Kier molecular flexibility index (Phi) is 9.20. The highest BCUT2D eigenvalue weighted by atomic mass is 16.7. The number of aliphatic hydroxyl groups is 6. The van der Waals surface area contributed by atoms with Crippen molar-refractivity contribution in [3.63, 3.8) is 0 Å². The summed E-state index contributed by atoms with van der Waals surface area (Å²) in [6, 6.07) is 7.49. The van der Waals surface area contributed by atoms with Gasteiger partial charge in [0.1, 0.15) is 58.7 Å². The van der Waals surface area contributed by atoms with Crippen LogP contribution in [0.5, 0.6) is 23.0 Å². The molecule has 2 saturated heterocycles. The largest absolute Gasteiger partial charge is 0.508 e. The molecule has 0 aliphatic carbocycles. The Labute approximate surface area is 253 Å². The summed E-state index contributed by atoms with van der Waals surface area (Å²) in [6.07, 6.45) is -15.4. The first kappa shape index (κ1) is 32.4. The van der Waals surface area contributed by atoms with Crippen LogP contribution in [0.2, 0.25) is 0 Å². The highest BCUT2D eigenvalue weighted by Gasteiger charge is 2.48. The summed E-state index contributed by atoms with van der Waals surface area (Å²) >= 11 is 0. The summed E-state index contributed by atoms with van der Waals surface area (Å²) in [4.78, 5) is 25.5. The summed E-state index contributed by atoms with van der Waals surface area (Å²) in [6.45, 7) is 1.71. The molecule has 0 bridgehead atoms. The fourth-order valence-electron chi connectivity index (χ4n) is 5.08. The Morgan fingerprint density at radius 3 is 2.18 bits per heavy atom. The molecule has 0 saturated carbocycles. The first-order chi connectivity index (χ1) is 21.3. The van der Waals surface area contributed by atoms with E-state index in [1.54, 1.807) is 0 Å². The van der Waals surface area contributed by atoms with Crippen molar-refractivity contribution in [1.82, 2.24) is 0 Å². The van der Waals surface area contributed by atoms with Crippen LogP contribution < -0.4 is 14.9 Å². The standard InChI is InChI=1S/C29H32O16/c1-10-19(34)22(37)23(38)28(40-10)42-14-7-15(33)18-16(8-14)43-25(12-3-5-13(32)6-4-12)27(21(18)36)45-29-24(39)26(41-11(2)31)20(35)17(9-30)44-29/h3-8,10,17,19-20,22-24,26,28-30,32-35,37-39H,9H2,1-2H3/t10-,17+,19-,20+,22+,23+,24+,26-,28-,29-/m0/s1. The average Bonchev–Trinajstić information content (AvgIpc) is 2.99. The molecule has 2 aliphatic rings. The fourth-order valence-corrected chi connectivity index (χ4v) is 5.08. The Bertz CT molecular complexity index is 1590. The Hall–Kier alpha value is -4.00. The molecular formula is C29H32O16. The molecule has 244 valence electrons. The maximum absolute atomic E-state index is 13.9. The molecule has 0 unspecified atom stereocenters. The van der Waals surface area contributed by atoms with Crippen LogP contribution in [0, 0.1) is 0 Å². The first-order valence-corrected chi connectivity index (χ1v) is 13.8. The zero-order valence-corrected chi connectivity index (χ0v) is 23.8. The van der Waals surface area contributed by atoms with Gasteiger partial charge in [-0.15, -0.1) is 0 Å². The predicted molar refractivity (Wildman–Crippen MR) is 148 cm³/mol. The molecule has 16 nitrogen and oxygen atoms in total. The van der Waals surface area contributed by atoms with Gasteiger partial charge in [-0.25, -0.2) is 0 Å². The minimum atomic E-state index is -1.86. The van der Waals surface area contributed by atoms with E-state index in [1.165, 1.54) is 37.3 Å². The molecule has 2 aromatic carbocycles. The Morgan fingerprint density at radius 1 is 0.867 bits per heavy atom. The number of aliphatic hydroxyl groups excluding tert-OH is 6. The van der Waals surface area contributed by atoms with E-state index >= 15 is 0 Å². The second kappa shape index (κ2) is 12.8. The first-order valence-electron chi connectivity index (χ1n) is 13.8. The molecule has 8 N–H and O–H groups in total. The van der Waals surface area contributed by atoms with Gasteiger partial charge in [-0.1, -0.05) is 0 Å². The lowest BCUT2D eigenvalue weighted by atomic mass is 9.99. The normalized spacial score (nSPS) is 31.8. The highest BCUT2D eigenvalue weighted by Crippen LogP contribution is 2.38. The molecular weight excluding hydrogens is 604 g/mol. The van der Waals surface area contributed by atoms with Gasteiger partial charge in [0.15, 0.2) is 18.0 Å². The Balaban J connectivity index is 1.58. The van der Waals surface area contributed by atoms with Gasteiger partial charge in [-0.2, -0.15) is 0 Å². The van der Waals surface area contributed by atoms with E-state index < -0.39 is 96.3 Å². The third-order valence-corrected chi connectivity index (χ3v) is 7.45. The number of rotatable bonds is 7. The molecule has 1 aromatic heterocycles. The minimum absolute atomic E-state index is 0.125. The van der Waals surface area contributed by atoms with Crippen LogP contribution in [0.25, 0.3) is 22.3 Å². The van der Waals surface area contributed by atoms with E-state index in [9.17, 15) is 50.4 Å². The van der Waals surface area contributed by atoms with Crippen molar-refractivity contribution in [3.05, 3.63) is 46.6 Å². The van der Waals surface area contributed by atoms with Gasteiger partial charge < -0.3 is 69.0 Å². The summed E-state index contributed by atoms with van der Waals surface area (Å²) in [7, 11) is 0. The molecule has 0 radical (unpaired) electrons. The number of carbonyl (C=O) groups is 1. The molecule has 16 heteroatoms. The number of benzene rings is 2. The van der Waals surface area contributed by atoms with E-state index in [2.05, 4.69) is 0 Å². The SMILES string of the molecule is CC(=O)O[C@@H]1[C@@H](O)[C@H](Oc2c(-c3ccc(O)cc3)oc3cc(O[C@@H]4O[C@@H](C)[C@H](O)[C@@H](O)[C@H]4O)cc(O)c3c2=O)O[C@H](CO)[C@H]1O. The summed E-state index contributed by atoms with van der Waals surface area (Å²) in [5, 5.41) is 81.7. The molecule has 0 amide bonds. The van der Waals surface area contributed by atoms with Crippen molar-refractivity contribution in [2.24, 2.45) is 0 Å². The summed E-state index contributed by atoms with van der Waals surface area (Å²) in [5.74, 6) is -2.71. The van der Waals surface area contributed by atoms with Crippen molar-refractivity contribution in [3.8, 4) is 34.3 Å². The van der Waals surface area contributed by atoms with Crippen molar-refractivity contribution in [2.75, 3.05) is 6.61 Å². The predicted octanol–water partition coefficient (Wildman–Crippen LogP) is -1.17. The lowest BCUT2D eigenvalue weighted by molar-refractivity contribution is -0.281. The number of fused-ring (bicyclic) bond motifs is 1. The molecule has 45 heavy (non-hydrogen) atoms. The van der Waals surface area contributed by atoms with E-state index in [4.69, 9.17) is 28.1 Å². The van der Waals surface area contributed by atoms with Crippen LogP contribution in [-0.2, 0) is 19.0 Å². The lowest BCUT2D eigenvalue weighted by Gasteiger charge is -2.41. The smallest absolute Gasteiger partial charge is 0.303 e. The van der Waals surface area contributed by atoms with Crippen molar-refractivity contribution < 1.29 is 73.7 Å². The van der Waals surface area contributed by atoms with Gasteiger partial charge in [0.25, 0.3) is 0 Å². The van der Waals surface area contributed by atoms with Crippen LogP contribution in [0.15, 0.2) is 45.6 Å². The highest BCUT2D eigenvalue weighted by molar-refractivity contribution is 5.88. The maximum Gasteiger partial charge on any atom is 0.303 e. The van der Waals surface area contributed by atoms with E-state index in [-0.39, 0.29) is 28.4 Å². The average molecular weight is 637 g/mol. The van der Waals surface area contributed by atoms with E-state index in [0.29, 0.717) is 0 Å². The number of phenols is 2. The molecule has 2 fully saturated rings. The fraction of sp³-hybridized carbons (Fsp3) is 0.448. The van der Waals surface area contributed by atoms with Gasteiger partial charge in [-0.05, 0) is 31.2 Å². The maximum atomic E-state index is 13.9. The van der Waals surface area contributed by atoms with Crippen LogP contribution >= 0.6 is 0 Å². The van der Waals surface area contributed by atoms with Gasteiger partial charge in [-0.3, -0.25) is 9.59 Å². The van der Waals surface area contributed by atoms with E-state index in [0.717, 1.165) is 13.0 Å². The zero-order valence-electron chi connectivity index (χ0n) is 23.8. The van der Waals surface area contributed by atoms with Crippen LogP contribution in [-0.4, -0.2) is 115 Å². The lowest BCUT2D eigenvalue weighted by Crippen LogP contribution is -2.61. The van der Waals surface area contributed by atoms with Crippen molar-refractivity contribution in [1.29, 1.82) is 0 Å². The molecule has 10 atom stereocenters. The number of esters is 1. The van der Waals surface area contributed by atoms with Gasteiger partial charge in [0.05, 0.1) is 12.7 Å². The number of hydrogen-bond acceptors (Lipinski definition) is 16. The Morgan fingerprint density at radius 2 is 1.53 bits per heavy atom. The molecule has 0 spiro atoms. The van der Waals surface area contributed by atoms with Crippen LogP contribution in [0.4, 0.5) is 0 Å². The third-order valence-electron chi connectivity index (χ3n) is 7.45. The number of carbonyl (C=O) groups excluding carboxylic acids is 1. The number of hydrogen-bond donors (Lipinski definition) is 8. The van der Waals surface area contributed by atoms with Crippen molar-refractivity contribution >= 4 is 16.9 Å². The van der Waals surface area contributed by atoms with Gasteiger partial charge >= 0.3 is 5.97 Å². The second-order valence-electron chi connectivity index (χ2n) is 10.6. The van der Waals surface area contributed by atoms with Gasteiger partial charge in [0.2, 0.25) is 23.8 Å². The molecule has 5 rings (SSSR count). The van der Waals surface area contributed by atoms with Gasteiger partial charge in [0, 0.05) is 24.6 Å². The zero-order chi connectivity index (χ0) is 32.7. The molecule has 3 heterocycles. The van der Waals surface area contributed by atoms with E-state index in [1.807, 2.05) is 0 Å². The number of ether oxygens (including phenoxy) is 5. The van der Waals surface area contributed by atoms with Crippen molar-refractivity contribution in [2.45, 2.75) is 75.3 Å². The monoisotopic (exact) mass is 636 g/mol. The summed E-state index contributed by atoms with van der Waals surface area (Å²) < 4.78 is 33.3. The summed E-state index contributed by atoms with van der Waals surface area (Å²) in [5.41, 5.74) is -1.06. The molecule has 2 aliphatic heterocycles. The topological polar surface area (TPSA) is 255 Å². The third kappa shape index (κ3) is 6.27. The molecule has 3 aromatic rings. The minimum Gasteiger partial charge on any atom is -0.508 e. The quantitative estimate of drug-likeness (QED) is 0.142. The number of aromatic hydroxyl groups is 2.